The fraction of sp³-hybridized carbons (Fsp3) is 0.634. The van der Waals surface area contributed by atoms with Crippen molar-refractivity contribution in [3.63, 3.8) is 0 Å². The number of carbonyl (C=O) groups excluding carboxylic acids is 4. The van der Waals surface area contributed by atoms with Crippen LogP contribution >= 0.6 is 0 Å². The van der Waals surface area contributed by atoms with Gasteiger partial charge in [-0.25, -0.2) is 18.2 Å². The Kier molecular flexibility index (Phi) is 11.7. The van der Waals surface area contributed by atoms with Crippen LogP contribution in [0.4, 0.5) is 4.79 Å². The third-order valence-electron chi connectivity index (χ3n) is 11.9. The number of likely N-dealkylation sites (tertiary alicyclic amines) is 1. The lowest BCUT2D eigenvalue weighted by molar-refractivity contribution is -0.143. The van der Waals surface area contributed by atoms with Crippen LogP contribution in [0.1, 0.15) is 86.5 Å². The van der Waals surface area contributed by atoms with Crippen LogP contribution < -0.4 is 24.8 Å². The molecule has 1 aromatic carbocycles. The van der Waals surface area contributed by atoms with E-state index in [0.717, 1.165) is 24.6 Å². The second-order valence-corrected chi connectivity index (χ2v) is 19.5. The smallest absolute Gasteiger partial charge is 0.408 e. The summed E-state index contributed by atoms with van der Waals surface area (Å²) < 4.78 is 45.5. The van der Waals surface area contributed by atoms with Gasteiger partial charge in [-0.3, -0.25) is 19.1 Å². The van der Waals surface area contributed by atoms with E-state index in [1.54, 1.807) is 19.4 Å². The van der Waals surface area contributed by atoms with Gasteiger partial charge in [0.05, 0.1) is 18.9 Å². The number of aromatic nitrogens is 1. The molecule has 14 nitrogen and oxygen atoms in total. The number of pyridine rings is 1. The largest absolute Gasteiger partial charge is 0.497 e. The van der Waals surface area contributed by atoms with Gasteiger partial charge in [-0.1, -0.05) is 54.0 Å². The summed E-state index contributed by atoms with van der Waals surface area (Å²) in [6, 6.07) is 5.02. The van der Waals surface area contributed by atoms with Gasteiger partial charge < -0.3 is 29.7 Å². The van der Waals surface area contributed by atoms with Gasteiger partial charge in [-0.15, -0.1) is 6.58 Å². The van der Waals surface area contributed by atoms with Gasteiger partial charge in [0.15, 0.2) is 0 Å². The van der Waals surface area contributed by atoms with Gasteiger partial charge in [0.1, 0.15) is 35.6 Å². The van der Waals surface area contributed by atoms with Crippen molar-refractivity contribution in [1.29, 1.82) is 0 Å². The molecule has 4 aliphatic rings. The van der Waals surface area contributed by atoms with Crippen LogP contribution in [0, 0.1) is 29.1 Å². The second kappa shape index (κ2) is 15.9. The summed E-state index contributed by atoms with van der Waals surface area (Å²) in [5.74, 6) is -0.689. The lowest BCUT2D eigenvalue weighted by atomic mass is 9.75. The highest BCUT2D eigenvalue weighted by molar-refractivity contribution is 7.91. The Morgan fingerprint density at radius 3 is 2.43 bits per heavy atom. The third kappa shape index (κ3) is 8.77. The molecule has 1 saturated heterocycles. The monoisotopic (exact) mass is 795 g/mol. The third-order valence-corrected chi connectivity index (χ3v) is 13.7. The predicted molar refractivity (Wildman–Crippen MR) is 210 cm³/mol. The van der Waals surface area contributed by atoms with Gasteiger partial charge >= 0.3 is 6.09 Å². The molecule has 306 valence electrons. The first-order chi connectivity index (χ1) is 26.4. The normalized spacial score (nSPS) is 28.2. The molecule has 4 fully saturated rings. The summed E-state index contributed by atoms with van der Waals surface area (Å²) >= 11 is 0. The van der Waals surface area contributed by atoms with Crippen molar-refractivity contribution in [3.8, 4) is 11.6 Å². The minimum absolute atomic E-state index is 0.0277. The summed E-state index contributed by atoms with van der Waals surface area (Å²) in [4.78, 5) is 62.2. The van der Waals surface area contributed by atoms with E-state index in [-0.39, 0.29) is 31.4 Å². The number of amides is 4. The Bertz CT molecular complexity index is 1960. The maximum absolute atomic E-state index is 14.8. The van der Waals surface area contributed by atoms with Crippen LogP contribution in [0.2, 0.25) is 0 Å². The molecule has 0 unspecified atom stereocenters. The van der Waals surface area contributed by atoms with Crippen LogP contribution in [0.15, 0.2) is 43.1 Å². The predicted octanol–water partition coefficient (Wildman–Crippen LogP) is 4.86. The fourth-order valence-electron chi connectivity index (χ4n) is 8.26. The van der Waals surface area contributed by atoms with Gasteiger partial charge in [0, 0.05) is 23.9 Å². The molecule has 2 heterocycles. The maximum atomic E-state index is 14.8. The average Bonchev–Trinajstić information content (AvgIpc) is 4.06. The zero-order valence-corrected chi connectivity index (χ0v) is 34.3. The highest BCUT2D eigenvalue weighted by Gasteiger charge is 2.62. The minimum Gasteiger partial charge on any atom is -0.497 e. The van der Waals surface area contributed by atoms with Crippen molar-refractivity contribution in [1.82, 2.24) is 25.2 Å². The van der Waals surface area contributed by atoms with E-state index < -0.39 is 74.1 Å². The first-order valence-electron chi connectivity index (χ1n) is 19.7. The number of alkyl carbamates (subject to hydrolysis) is 1. The van der Waals surface area contributed by atoms with Gasteiger partial charge in [0.2, 0.25) is 27.7 Å². The van der Waals surface area contributed by atoms with E-state index in [4.69, 9.17) is 14.2 Å². The topological polar surface area (TPSA) is 182 Å². The summed E-state index contributed by atoms with van der Waals surface area (Å²) in [5.41, 5.74) is -2.37. The molecule has 3 saturated carbocycles. The Balaban J connectivity index is 1.27. The minimum atomic E-state index is -3.90. The average molecular weight is 796 g/mol. The van der Waals surface area contributed by atoms with E-state index in [2.05, 4.69) is 47.7 Å². The van der Waals surface area contributed by atoms with Crippen molar-refractivity contribution >= 4 is 44.6 Å². The van der Waals surface area contributed by atoms with E-state index in [1.165, 1.54) is 11.0 Å². The van der Waals surface area contributed by atoms with Gasteiger partial charge in [0.25, 0.3) is 5.91 Å². The number of nitrogens with zero attached hydrogens (tertiary/aromatic N) is 2. The highest BCUT2D eigenvalue weighted by atomic mass is 32.2. The van der Waals surface area contributed by atoms with Crippen molar-refractivity contribution in [2.45, 2.75) is 122 Å². The lowest BCUT2D eigenvalue weighted by Crippen LogP contribution is -2.60. The molecule has 15 heteroatoms. The number of ether oxygens (including phenoxy) is 3. The van der Waals surface area contributed by atoms with Crippen LogP contribution in [0.3, 0.4) is 0 Å². The number of nitrogens with one attached hydrogen (secondary N) is 3. The van der Waals surface area contributed by atoms with E-state index in [1.807, 2.05) is 39.0 Å². The number of benzene rings is 1. The Morgan fingerprint density at radius 2 is 1.80 bits per heavy atom. The first-order valence-corrected chi connectivity index (χ1v) is 21.3. The van der Waals surface area contributed by atoms with Crippen molar-refractivity contribution in [2.24, 2.45) is 29.1 Å². The first kappa shape index (κ1) is 41.2. The fourth-order valence-corrected chi connectivity index (χ4v) is 9.62. The summed E-state index contributed by atoms with van der Waals surface area (Å²) in [5, 5.41) is 6.55. The van der Waals surface area contributed by atoms with E-state index in [9.17, 15) is 27.6 Å². The van der Waals surface area contributed by atoms with Crippen LogP contribution in [0.5, 0.6) is 11.6 Å². The number of methoxy groups -OCH3 is 1. The Hall–Kier alpha value is -4.40. The van der Waals surface area contributed by atoms with Crippen molar-refractivity contribution in [3.05, 3.63) is 43.1 Å². The molecule has 4 amide bonds. The van der Waals surface area contributed by atoms with Gasteiger partial charge in [-0.05, 0) is 84.9 Å². The number of sulfonamides is 1. The molecule has 0 bridgehead atoms. The Morgan fingerprint density at radius 1 is 1.07 bits per heavy atom. The molecule has 8 atom stereocenters. The van der Waals surface area contributed by atoms with E-state index in [0.29, 0.717) is 41.7 Å². The Labute approximate surface area is 329 Å². The maximum Gasteiger partial charge on any atom is 0.408 e. The number of carbonyl (C=O) groups is 4. The zero-order valence-electron chi connectivity index (χ0n) is 33.5. The molecule has 56 heavy (non-hydrogen) atoms. The number of hydrogen-bond acceptors (Lipinski definition) is 10. The molecule has 0 radical (unpaired) electrons. The molecule has 1 aliphatic heterocycles. The SMILES string of the molecule is C=C[C@@H]1C[C@]1(NC(=O)[C@@H]1C[C@@H](Oc2nccc3cc(OC)ccc23)CN1C(=O)[C@@H](NC(=O)O[C@@H]1C[C@H](C)CC[C@H]1C(C)C)C(C)(C)C)C(=O)NS(=O)(=O)C1CC1. The van der Waals surface area contributed by atoms with Crippen molar-refractivity contribution < 1.29 is 41.8 Å². The number of hydrogen-bond donors (Lipinski definition) is 3. The lowest BCUT2D eigenvalue weighted by Gasteiger charge is -2.38. The molecule has 1 aromatic heterocycles. The number of fused-ring (bicyclic) bond motifs is 1. The second-order valence-electron chi connectivity index (χ2n) is 17.6. The zero-order chi connectivity index (χ0) is 40.7. The standard InChI is InChI=1S/C41H57N5O9S/c1-9-26-21-41(26,38(49)45-56(51,52)29-12-13-29)44-35(47)32-20-28(54-36-31-15-11-27(53-8)19-25(31)16-17-42-36)22-46(32)37(48)34(40(5,6)7)43-39(50)55-33-18-24(4)10-14-30(33)23(2)3/h9,11,15-17,19,23-24,26,28-30,32-34H,1,10,12-14,18,20-22H2,2-8H3,(H,43,50)(H,44,47)(H,45,49)/t24-,26-,28-,30+,32+,33-,34-,41-/m1/s1. The molecule has 0 spiro atoms. The summed E-state index contributed by atoms with van der Waals surface area (Å²) in [6.07, 6.45) is 5.22. The van der Waals surface area contributed by atoms with Crippen LogP contribution in [0.25, 0.3) is 10.8 Å². The molecule has 3 N–H and O–H groups in total. The van der Waals surface area contributed by atoms with Crippen molar-refractivity contribution in [2.75, 3.05) is 13.7 Å². The highest BCUT2D eigenvalue weighted by Crippen LogP contribution is 2.46. The van der Waals surface area contributed by atoms with E-state index >= 15 is 0 Å². The quantitative estimate of drug-likeness (QED) is 0.237. The molecule has 6 rings (SSSR count). The molecular formula is C41H57N5O9S. The van der Waals surface area contributed by atoms with Gasteiger partial charge in [-0.2, -0.15) is 0 Å². The summed E-state index contributed by atoms with van der Waals surface area (Å²) in [7, 11) is -2.33. The van der Waals surface area contributed by atoms with Crippen LogP contribution in [-0.4, -0.2) is 90.9 Å². The van der Waals surface area contributed by atoms with Crippen LogP contribution in [-0.2, 0) is 29.1 Å². The molecule has 3 aliphatic carbocycles. The molecular weight excluding hydrogens is 739 g/mol. The number of rotatable bonds is 13. The summed E-state index contributed by atoms with van der Waals surface area (Å²) in [6.45, 7) is 15.6. The molecule has 2 aromatic rings.